The summed E-state index contributed by atoms with van der Waals surface area (Å²) < 4.78 is 41.3. The molecule has 0 bridgehead atoms. The van der Waals surface area contributed by atoms with Crippen molar-refractivity contribution < 1.29 is 12.8 Å². The topological polar surface area (TPSA) is 49.4 Å². The van der Waals surface area contributed by atoms with Crippen LogP contribution in [0.2, 0.25) is 0 Å². The average Bonchev–Trinajstić information content (AvgIpc) is 3.29. The Labute approximate surface area is 182 Å². The number of nitrogens with one attached hydrogen (secondary N) is 1. The molecule has 0 aromatic heterocycles. The Morgan fingerprint density at radius 3 is 2.48 bits per heavy atom. The zero-order chi connectivity index (χ0) is 21.6. The van der Waals surface area contributed by atoms with Crippen LogP contribution in [0.4, 0.5) is 15.8 Å². The number of rotatable bonds is 4. The monoisotopic (exact) mass is 434 g/mol. The SMILES string of the molecule is CN(c1ccccc1)S(=O)(=O)c1ccc2c(c1)C1C=CCC1C(c1ccc(F)cc1)N2. The minimum atomic E-state index is -3.68. The van der Waals surface area contributed by atoms with Crippen molar-refractivity contribution in [3.63, 3.8) is 0 Å². The third-order valence-electron chi connectivity index (χ3n) is 6.34. The molecular formula is C25H23FN2O2S. The third kappa shape index (κ3) is 3.41. The molecule has 0 saturated heterocycles. The highest BCUT2D eigenvalue weighted by Gasteiger charge is 2.38. The van der Waals surface area contributed by atoms with Crippen molar-refractivity contribution in [3.8, 4) is 0 Å². The number of allylic oxidation sites excluding steroid dienone is 2. The van der Waals surface area contributed by atoms with Crippen LogP contribution >= 0.6 is 0 Å². The molecule has 1 aliphatic carbocycles. The third-order valence-corrected chi connectivity index (χ3v) is 8.12. The van der Waals surface area contributed by atoms with Crippen LogP contribution in [-0.2, 0) is 10.0 Å². The summed E-state index contributed by atoms with van der Waals surface area (Å²) in [6, 6.07) is 21.0. The van der Waals surface area contributed by atoms with E-state index in [1.807, 2.05) is 36.4 Å². The van der Waals surface area contributed by atoms with Crippen LogP contribution in [0, 0.1) is 11.7 Å². The minimum Gasteiger partial charge on any atom is -0.378 e. The molecule has 0 radical (unpaired) electrons. The lowest BCUT2D eigenvalue weighted by atomic mass is 9.77. The van der Waals surface area contributed by atoms with Crippen LogP contribution in [0.25, 0.3) is 0 Å². The lowest BCUT2D eigenvalue weighted by Gasteiger charge is -2.38. The molecule has 6 heteroatoms. The zero-order valence-corrected chi connectivity index (χ0v) is 17.9. The van der Waals surface area contributed by atoms with Gasteiger partial charge in [0, 0.05) is 18.7 Å². The van der Waals surface area contributed by atoms with E-state index in [9.17, 15) is 12.8 Å². The number of para-hydroxylation sites is 1. The molecular weight excluding hydrogens is 411 g/mol. The number of fused-ring (bicyclic) bond motifs is 3. The largest absolute Gasteiger partial charge is 0.378 e. The van der Waals surface area contributed by atoms with Crippen LogP contribution in [-0.4, -0.2) is 15.5 Å². The van der Waals surface area contributed by atoms with Crippen molar-refractivity contribution in [1.29, 1.82) is 0 Å². The number of nitrogens with zero attached hydrogens (tertiary/aromatic N) is 1. The standard InChI is InChI=1S/C25H23FN2O2S/c1-28(19-6-3-2-4-7-19)31(29,30)20-14-15-24-23(16-20)21-8-5-9-22(21)25(27-24)17-10-12-18(26)13-11-17/h2-8,10-16,21-22,25,27H,9H2,1H3. The normalized spacial score (nSPS) is 21.8. The number of hydrogen-bond donors (Lipinski definition) is 1. The molecule has 3 unspecified atom stereocenters. The van der Waals surface area contributed by atoms with Gasteiger partial charge in [-0.2, -0.15) is 0 Å². The molecule has 3 aromatic carbocycles. The second kappa shape index (κ2) is 7.54. The predicted molar refractivity (Wildman–Crippen MR) is 121 cm³/mol. The van der Waals surface area contributed by atoms with Gasteiger partial charge in [0.05, 0.1) is 16.6 Å². The molecule has 1 N–H and O–H groups in total. The van der Waals surface area contributed by atoms with Gasteiger partial charge in [-0.05, 0) is 65.9 Å². The van der Waals surface area contributed by atoms with E-state index in [0.717, 1.165) is 23.2 Å². The summed E-state index contributed by atoms with van der Waals surface area (Å²) in [5, 5.41) is 3.57. The van der Waals surface area contributed by atoms with E-state index in [-0.39, 0.29) is 28.6 Å². The molecule has 1 aliphatic heterocycles. The molecule has 3 aromatic rings. The fourth-order valence-electron chi connectivity index (χ4n) is 4.67. The van der Waals surface area contributed by atoms with Crippen molar-refractivity contribution in [2.24, 2.45) is 5.92 Å². The zero-order valence-electron chi connectivity index (χ0n) is 17.1. The summed E-state index contributed by atoms with van der Waals surface area (Å²) >= 11 is 0. The van der Waals surface area contributed by atoms with Crippen LogP contribution in [0.15, 0.2) is 89.8 Å². The molecule has 5 rings (SSSR count). The van der Waals surface area contributed by atoms with Crippen LogP contribution < -0.4 is 9.62 Å². The molecule has 3 atom stereocenters. The van der Waals surface area contributed by atoms with Crippen molar-refractivity contribution in [2.45, 2.75) is 23.3 Å². The highest BCUT2D eigenvalue weighted by molar-refractivity contribution is 7.92. The highest BCUT2D eigenvalue weighted by atomic mass is 32.2. The Morgan fingerprint density at radius 2 is 1.74 bits per heavy atom. The van der Waals surface area contributed by atoms with E-state index in [1.54, 1.807) is 31.3 Å². The molecule has 4 nitrogen and oxygen atoms in total. The fourth-order valence-corrected chi connectivity index (χ4v) is 5.90. The van der Waals surface area contributed by atoms with Crippen molar-refractivity contribution in [2.75, 3.05) is 16.7 Å². The van der Waals surface area contributed by atoms with Gasteiger partial charge in [0.1, 0.15) is 5.82 Å². The van der Waals surface area contributed by atoms with Crippen LogP contribution in [0.3, 0.4) is 0 Å². The Kier molecular flexibility index (Phi) is 4.82. The first kappa shape index (κ1) is 19.8. The van der Waals surface area contributed by atoms with E-state index in [4.69, 9.17) is 0 Å². The van der Waals surface area contributed by atoms with E-state index in [2.05, 4.69) is 17.5 Å². The van der Waals surface area contributed by atoms with Gasteiger partial charge in [-0.15, -0.1) is 0 Å². The second-order valence-electron chi connectivity index (χ2n) is 8.08. The predicted octanol–water partition coefficient (Wildman–Crippen LogP) is 5.48. The smallest absolute Gasteiger partial charge is 0.264 e. The van der Waals surface area contributed by atoms with E-state index < -0.39 is 10.0 Å². The van der Waals surface area contributed by atoms with Gasteiger partial charge in [0.25, 0.3) is 10.0 Å². The number of halogens is 1. The lowest BCUT2D eigenvalue weighted by Crippen LogP contribution is -2.30. The Morgan fingerprint density at radius 1 is 1.00 bits per heavy atom. The quantitative estimate of drug-likeness (QED) is 0.554. The number of benzene rings is 3. The molecule has 0 amide bonds. The Bertz CT molecular complexity index is 1240. The number of hydrogen-bond acceptors (Lipinski definition) is 3. The first-order chi connectivity index (χ1) is 14.9. The van der Waals surface area contributed by atoms with Gasteiger partial charge < -0.3 is 5.32 Å². The van der Waals surface area contributed by atoms with Gasteiger partial charge >= 0.3 is 0 Å². The van der Waals surface area contributed by atoms with Gasteiger partial charge in [0.15, 0.2) is 0 Å². The highest BCUT2D eigenvalue weighted by Crippen LogP contribution is 2.50. The maximum atomic E-state index is 13.4. The fraction of sp³-hybridized carbons (Fsp3) is 0.200. The molecule has 31 heavy (non-hydrogen) atoms. The van der Waals surface area contributed by atoms with E-state index in [0.29, 0.717) is 5.69 Å². The average molecular weight is 435 g/mol. The van der Waals surface area contributed by atoms with Crippen molar-refractivity contribution in [3.05, 3.63) is 102 Å². The molecule has 0 fully saturated rings. The maximum absolute atomic E-state index is 13.4. The number of sulfonamides is 1. The summed E-state index contributed by atoms with van der Waals surface area (Å²) in [7, 11) is -2.11. The molecule has 0 saturated carbocycles. The first-order valence-electron chi connectivity index (χ1n) is 10.3. The van der Waals surface area contributed by atoms with Crippen LogP contribution in [0.5, 0.6) is 0 Å². The summed E-state index contributed by atoms with van der Waals surface area (Å²) in [5.41, 5.74) is 3.56. The maximum Gasteiger partial charge on any atom is 0.264 e. The molecule has 2 aliphatic rings. The van der Waals surface area contributed by atoms with Crippen molar-refractivity contribution >= 4 is 21.4 Å². The number of anilines is 2. The summed E-state index contributed by atoms with van der Waals surface area (Å²) in [5.74, 6) is 0.115. The Balaban J connectivity index is 1.52. The summed E-state index contributed by atoms with van der Waals surface area (Å²) in [4.78, 5) is 0.277. The molecule has 1 heterocycles. The summed E-state index contributed by atoms with van der Waals surface area (Å²) in [6.45, 7) is 0. The Hall–Kier alpha value is -3.12. The van der Waals surface area contributed by atoms with Gasteiger partial charge in [-0.1, -0.05) is 42.5 Å². The lowest BCUT2D eigenvalue weighted by molar-refractivity contribution is 0.424. The minimum absolute atomic E-state index is 0.0440. The summed E-state index contributed by atoms with van der Waals surface area (Å²) in [6.07, 6.45) is 5.21. The van der Waals surface area contributed by atoms with Crippen molar-refractivity contribution in [1.82, 2.24) is 0 Å². The first-order valence-corrected chi connectivity index (χ1v) is 11.8. The molecule has 0 spiro atoms. The second-order valence-corrected chi connectivity index (χ2v) is 10.1. The van der Waals surface area contributed by atoms with Gasteiger partial charge in [0.2, 0.25) is 0 Å². The van der Waals surface area contributed by atoms with E-state index >= 15 is 0 Å². The van der Waals surface area contributed by atoms with Crippen LogP contribution in [0.1, 0.15) is 29.5 Å². The van der Waals surface area contributed by atoms with Gasteiger partial charge in [-0.25, -0.2) is 12.8 Å². The van der Waals surface area contributed by atoms with Gasteiger partial charge in [-0.3, -0.25) is 4.31 Å². The molecule has 158 valence electrons. The van der Waals surface area contributed by atoms with E-state index in [1.165, 1.54) is 16.4 Å².